The molecule has 0 unspecified atom stereocenters. The smallest absolute Gasteiger partial charge is 0.330 e. The number of rotatable bonds is 6. The molecular formula is C18H19NO4. The second-order valence-corrected chi connectivity index (χ2v) is 5.02. The monoisotopic (exact) mass is 313 g/mol. The molecular weight excluding hydrogens is 294 g/mol. The van der Waals surface area contributed by atoms with Gasteiger partial charge in [0.25, 0.3) is 0 Å². The van der Waals surface area contributed by atoms with Crippen molar-refractivity contribution in [1.82, 2.24) is 5.32 Å². The molecule has 0 heterocycles. The molecule has 1 amide bonds. The van der Waals surface area contributed by atoms with E-state index in [-0.39, 0.29) is 5.91 Å². The van der Waals surface area contributed by atoms with Gasteiger partial charge in [0, 0.05) is 0 Å². The van der Waals surface area contributed by atoms with E-state index in [1.165, 1.54) is 7.11 Å². The standard InChI is InChI=1S/C18H19NO4/c1-23-18(22)15(12-20)19-17(21)16(13-8-4-2-5-9-13)14-10-6-3-7-11-14/h2-11,15-16,20H,12H2,1H3,(H,19,21)/t15-/m0/s1. The third-order valence-corrected chi connectivity index (χ3v) is 3.51. The maximum atomic E-state index is 12.7. The van der Waals surface area contributed by atoms with Gasteiger partial charge in [0.05, 0.1) is 19.6 Å². The number of hydrogen-bond donors (Lipinski definition) is 2. The Hall–Kier alpha value is -2.66. The van der Waals surface area contributed by atoms with Crippen molar-refractivity contribution < 1.29 is 19.4 Å². The van der Waals surface area contributed by atoms with Gasteiger partial charge in [-0.05, 0) is 11.1 Å². The number of aliphatic hydroxyl groups is 1. The van der Waals surface area contributed by atoms with E-state index in [2.05, 4.69) is 10.1 Å². The van der Waals surface area contributed by atoms with Crippen LogP contribution in [0.1, 0.15) is 17.0 Å². The molecule has 5 heteroatoms. The normalized spacial score (nSPS) is 11.8. The van der Waals surface area contributed by atoms with Crippen LogP contribution in [0.4, 0.5) is 0 Å². The first-order valence-electron chi connectivity index (χ1n) is 7.26. The molecule has 0 aliphatic heterocycles. The number of amides is 1. The van der Waals surface area contributed by atoms with Crippen LogP contribution in [0.5, 0.6) is 0 Å². The highest BCUT2D eigenvalue weighted by Crippen LogP contribution is 2.24. The fourth-order valence-corrected chi connectivity index (χ4v) is 2.36. The van der Waals surface area contributed by atoms with E-state index >= 15 is 0 Å². The number of ether oxygens (including phenoxy) is 1. The SMILES string of the molecule is COC(=O)[C@H](CO)NC(=O)C(c1ccccc1)c1ccccc1. The molecule has 5 nitrogen and oxygen atoms in total. The number of carbonyl (C=O) groups is 2. The zero-order chi connectivity index (χ0) is 16.7. The van der Waals surface area contributed by atoms with E-state index < -0.39 is 24.5 Å². The predicted molar refractivity (Wildman–Crippen MR) is 85.8 cm³/mol. The highest BCUT2D eigenvalue weighted by Gasteiger charge is 2.27. The number of nitrogens with one attached hydrogen (secondary N) is 1. The third kappa shape index (κ3) is 4.17. The predicted octanol–water partition coefficient (Wildman–Crippen LogP) is 1.47. The lowest BCUT2D eigenvalue weighted by molar-refractivity contribution is -0.146. The molecule has 0 spiro atoms. The minimum atomic E-state index is -1.08. The Morgan fingerprint density at radius 1 is 1.00 bits per heavy atom. The number of esters is 1. The molecule has 23 heavy (non-hydrogen) atoms. The summed E-state index contributed by atoms with van der Waals surface area (Å²) in [5, 5.41) is 11.8. The number of methoxy groups -OCH3 is 1. The van der Waals surface area contributed by atoms with Crippen molar-refractivity contribution in [2.24, 2.45) is 0 Å². The summed E-state index contributed by atoms with van der Waals surface area (Å²) < 4.78 is 4.58. The minimum absolute atomic E-state index is 0.369. The maximum absolute atomic E-state index is 12.7. The summed E-state index contributed by atoms with van der Waals surface area (Å²) in [6, 6.07) is 17.5. The number of hydrogen-bond acceptors (Lipinski definition) is 4. The molecule has 0 saturated carbocycles. The maximum Gasteiger partial charge on any atom is 0.330 e. The van der Waals surface area contributed by atoms with E-state index in [0.717, 1.165) is 11.1 Å². The van der Waals surface area contributed by atoms with Gasteiger partial charge in [0.1, 0.15) is 0 Å². The van der Waals surface area contributed by atoms with Gasteiger partial charge in [-0.15, -0.1) is 0 Å². The van der Waals surface area contributed by atoms with Crippen LogP contribution in [0, 0.1) is 0 Å². The molecule has 0 fully saturated rings. The van der Waals surface area contributed by atoms with E-state index in [1.54, 1.807) is 0 Å². The highest BCUT2D eigenvalue weighted by atomic mass is 16.5. The number of benzene rings is 2. The molecule has 2 aromatic rings. The van der Waals surface area contributed by atoms with Gasteiger partial charge in [0.15, 0.2) is 6.04 Å². The molecule has 1 atom stereocenters. The van der Waals surface area contributed by atoms with Crippen LogP contribution in [0.25, 0.3) is 0 Å². The molecule has 0 bridgehead atoms. The van der Waals surface area contributed by atoms with Gasteiger partial charge < -0.3 is 15.2 Å². The van der Waals surface area contributed by atoms with Crippen LogP contribution < -0.4 is 5.32 Å². The zero-order valence-electron chi connectivity index (χ0n) is 12.8. The minimum Gasteiger partial charge on any atom is -0.467 e. The lowest BCUT2D eigenvalue weighted by Gasteiger charge is -2.21. The van der Waals surface area contributed by atoms with Crippen LogP contribution in [-0.2, 0) is 14.3 Å². The molecule has 2 rings (SSSR count). The second-order valence-electron chi connectivity index (χ2n) is 5.02. The second kappa shape index (κ2) is 8.10. The summed E-state index contributed by atoms with van der Waals surface area (Å²) >= 11 is 0. The van der Waals surface area contributed by atoms with Crippen molar-refractivity contribution in [3.8, 4) is 0 Å². The van der Waals surface area contributed by atoms with Crippen molar-refractivity contribution in [2.75, 3.05) is 13.7 Å². The largest absolute Gasteiger partial charge is 0.467 e. The topological polar surface area (TPSA) is 75.6 Å². The average molecular weight is 313 g/mol. The van der Waals surface area contributed by atoms with Crippen LogP contribution in [0.3, 0.4) is 0 Å². The third-order valence-electron chi connectivity index (χ3n) is 3.51. The summed E-state index contributed by atoms with van der Waals surface area (Å²) in [4.78, 5) is 24.3. The van der Waals surface area contributed by atoms with Gasteiger partial charge in [-0.1, -0.05) is 60.7 Å². The Bertz CT molecular complexity index is 603. The van der Waals surface area contributed by atoms with Crippen molar-refractivity contribution in [1.29, 1.82) is 0 Å². The van der Waals surface area contributed by atoms with Crippen molar-refractivity contribution in [3.05, 3.63) is 71.8 Å². The quantitative estimate of drug-likeness (QED) is 0.792. The fourth-order valence-electron chi connectivity index (χ4n) is 2.36. The van der Waals surface area contributed by atoms with E-state index in [1.807, 2.05) is 60.7 Å². The van der Waals surface area contributed by atoms with Crippen molar-refractivity contribution in [3.63, 3.8) is 0 Å². The average Bonchev–Trinajstić information content (AvgIpc) is 2.61. The van der Waals surface area contributed by atoms with E-state index in [4.69, 9.17) is 0 Å². The van der Waals surface area contributed by atoms with Crippen molar-refractivity contribution in [2.45, 2.75) is 12.0 Å². The summed E-state index contributed by atoms with van der Waals surface area (Å²) in [6.45, 7) is -0.519. The van der Waals surface area contributed by atoms with E-state index in [9.17, 15) is 14.7 Å². The molecule has 2 N–H and O–H groups in total. The molecule has 0 radical (unpaired) electrons. The van der Waals surface area contributed by atoms with Crippen LogP contribution >= 0.6 is 0 Å². The Morgan fingerprint density at radius 2 is 1.48 bits per heavy atom. The summed E-state index contributed by atoms with van der Waals surface area (Å²) in [7, 11) is 1.21. The van der Waals surface area contributed by atoms with Crippen LogP contribution in [0.2, 0.25) is 0 Å². The molecule has 120 valence electrons. The molecule has 0 aliphatic carbocycles. The van der Waals surface area contributed by atoms with Crippen LogP contribution in [-0.4, -0.2) is 36.7 Å². The van der Waals surface area contributed by atoms with Gasteiger partial charge in [0.2, 0.25) is 5.91 Å². The first kappa shape index (κ1) is 16.7. The number of aliphatic hydroxyl groups excluding tert-OH is 1. The molecule has 0 saturated heterocycles. The Morgan fingerprint density at radius 3 is 1.87 bits per heavy atom. The number of carbonyl (C=O) groups excluding carboxylic acids is 2. The summed E-state index contributed by atoms with van der Waals surface area (Å²) in [5.41, 5.74) is 1.61. The lowest BCUT2D eigenvalue weighted by atomic mass is 9.90. The van der Waals surface area contributed by atoms with Crippen molar-refractivity contribution >= 4 is 11.9 Å². The Labute approximate surface area is 134 Å². The lowest BCUT2D eigenvalue weighted by Crippen LogP contribution is -2.46. The van der Waals surface area contributed by atoms with Gasteiger partial charge >= 0.3 is 5.97 Å². The van der Waals surface area contributed by atoms with Gasteiger partial charge in [-0.2, -0.15) is 0 Å². The first-order chi connectivity index (χ1) is 11.2. The first-order valence-corrected chi connectivity index (χ1v) is 7.26. The Balaban J connectivity index is 2.31. The van der Waals surface area contributed by atoms with E-state index in [0.29, 0.717) is 0 Å². The van der Waals surface area contributed by atoms with Crippen LogP contribution in [0.15, 0.2) is 60.7 Å². The Kier molecular flexibility index (Phi) is 5.88. The van der Waals surface area contributed by atoms with Gasteiger partial charge in [-0.3, -0.25) is 4.79 Å². The summed E-state index contributed by atoms with van der Waals surface area (Å²) in [6.07, 6.45) is 0. The fraction of sp³-hybridized carbons (Fsp3) is 0.222. The zero-order valence-corrected chi connectivity index (χ0v) is 12.8. The van der Waals surface area contributed by atoms with Gasteiger partial charge in [-0.25, -0.2) is 4.79 Å². The highest BCUT2D eigenvalue weighted by molar-refractivity contribution is 5.91. The molecule has 0 aromatic heterocycles. The molecule has 2 aromatic carbocycles. The molecule has 0 aliphatic rings. The summed E-state index contributed by atoms with van der Waals surface area (Å²) in [5.74, 6) is -1.62.